The van der Waals surface area contributed by atoms with Gasteiger partial charge in [-0.3, -0.25) is 0 Å². The third kappa shape index (κ3) is 7.00. The lowest BCUT2D eigenvalue weighted by Gasteiger charge is -2.22. The Morgan fingerprint density at radius 2 is 1.77 bits per heavy atom. The lowest BCUT2D eigenvalue weighted by molar-refractivity contribution is -0.139. The first-order chi connectivity index (χ1) is 10.1. The number of rotatable bonds is 5. The number of carboxylic acids is 1. The molecule has 0 heterocycles. The number of amides is 1. The van der Waals surface area contributed by atoms with E-state index in [1.165, 1.54) is 0 Å². The highest BCUT2D eigenvalue weighted by Crippen LogP contribution is 2.20. The van der Waals surface area contributed by atoms with Crippen molar-refractivity contribution in [2.24, 2.45) is 0 Å². The Morgan fingerprint density at radius 1 is 1.23 bits per heavy atom. The van der Waals surface area contributed by atoms with E-state index in [9.17, 15) is 14.7 Å². The summed E-state index contributed by atoms with van der Waals surface area (Å²) in [5.41, 5.74) is 0.114. The van der Waals surface area contributed by atoms with Crippen molar-refractivity contribution in [3.63, 3.8) is 0 Å². The molecule has 0 radical (unpaired) electrons. The highest BCUT2D eigenvalue weighted by atomic mass is 35.5. The molecule has 0 bridgehead atoms. The van der Waals surface area contributed by atoms with Crippen LogP contribution in [0, 0.1) is 0 Å². The van der Waals surface area contributed by atoms with Gasteiger partial charge in [0.05, 0.1) is 0 Å². The standard InChI is InChI=1S/C15H19Cl2NO4/c1-15(2,3)22-14(21)18-12(13(19)20)5-4-9-6-10(16)8-11(17)7-9/h6-8,12H,4-5H2,1-3H3,(H,18,21)(H,19,20)/t12-/m0/s1. The number of hydrogen-bond acceptors (Lipinski definition) is 3. The summed E-state index contributed by atoms with van der Waals surface area (Å²) in [6, 6.07) is 3.97. The largest absolute Gasteiger partial charge is 0.480 e. The van der Waals surface area contributed by atoms with Gasteiger partial charge in [-0.05, 0) is 57.4 Å². The zero-order valence-corrected chi connectivity index (χ0v) is 14.2. The highest BCUT2D eigenvalue weighted by Gasteiger charge is 2.23. The van der Waals surface area contributed by atoms with Crippen LogP contribution in [-0.4, -0.2) is 28.8 Å². The minimum absolute atomic E-state index is 0.200. The van der Waals surface area contributed by atoms with Crippen molar-refractivity contribution in [1.29, 1.82) is 0 Å². The summed E-state index contributed by atoms with van der Waals surface area (Å²) in [6.07, 6.45) is -0.151. The third-order valence-electron chi connectivity index (χ3n) is 2.63. The summed E-state index contributed by atoms with van der Waals surface area (Å²) in [4.78, 5) is 22.9. The minimum Gasteiger partial charge on any atom is -0.480 e. The van der Waals surface area contributed by atoms with E-state index in [1.54, 1.807) is 39.0 Å². The molecule has 1 aromatic carbocycles. The lowest BCUT2D eigenvalue weighted by Crippen LogP contribution is -2.43. The molecule has 0 fully saturated rings. The van der Waals surface area contributed by atoms with Crippen LogP contribution in [0.4, 0.5) is 4.79 Å². The van der Waals surface area contributed by atoms with Crippen molar-refractivity contribution < 1.29 is 19.4 Å². The first-order valence-corrected chi connectivity index (χ1v) is 7.50. The molecule has 0 aromatic heterocycles. The molecule has 1 atom stereocenters. The third-order valence-corrected chi connectivity index (χ3v) is 3.07. The average molecular weight is 348 g/mol. The zero-order valence-electron chi connectivity index (χ0n) is 12.7. The van der Waals surface area contributed by atoms with E-state index in [-0.39, 0.29) is 6.42 Å². The van der Waals surface area contributed by atoms with Crippen LogP contribution < -0.4 is 5.32 Å². The number of halogens is 2. The Balaban J connectivity index is 2.65. The van der Waals surface area contributed by atoms with Gasteiger partial charge in [0.15, 0.2) is 0 Å². The van der Waals surface area contributed by atoms with E-state index < -0.39 is 23.7 Å². The second-order valence-corrected chi connectivity index (χ2v) is 6.73. The van der Waals surface area contributed by atoms with Crippen LogP contribution in [0.15, 0.2) is 18.2 Å². The van der Waals surface area contributed by atoms with E-state index >= 15 is 0 Å². The number of carbonyl (C=O) groups excluding carboxylic acids is 1. The Kier molecular flexibility index (Phi) is 6.50. The van der Waals surface area contributed by atoms with E-state index in [1.807, 2.05) is 0 Å². The van der Waals surface area contributed by atoms with Crippen LogP contribution in [0.1, 0.15) is 32.8 Å². The van der Waals surface area contributed by atoms with E-state index in [4.69, 9.17) is 27.9 Å². The van der Waals surface area contributed by atoms with Gasteiger partial charge in [-0.1, -0.05) is 23.2 Å². The molecule has 1 amide bonds. The van der Waals surface area contributed by atoms with E-state index in [0.717, 1.165) is 5.56 Å². The summed E-state index contributed by atoms with van der Waals surface area (Å²) in [5, 5.41) is 12.5. The first kappa shape index (κ1) is 18.6. The van der Waals surface area contributed by atoms with Crippen molar-refractivity contribution in [2.45, 2.75) is 45.3 Å². The van der Waals surface area contributed by atoms with Crippen molar-refractivity contribution in [1.82, 2.24) is 5.32 Å². The van der Waals surface area contributed by atoms with Gasteiger partial charge in [0.25, 0.3) is 0 Å². The Bertz CT molecular complexity index is 535. The molecule has 0 aliphatic rings. The molecule has 0 spiro atoms. The molecule has 0 saturated carbocycles. The molecular formula is C15H19Cl2NO4. The fourth-order valence-electron chi connectivity index (χ4n) is 1.77. The van der Waals surface area contributed by atoms with Crippen molar-refractivity contribution in [2.75, 3.05) is 0 Å². The van der Waals surface area contributed by atoms with E-state index in [0.29, 0.717) is 16.5 Å². The quantitative estimate of drug-likeness (QED) is 0.846. The van der Waals surface area contributed by atoms with Crippen LogP contribution in [0.2, 0.25) is 10.0 Å². The van der Waals surface area contributed by atoms with Gasteiger partial charge in [-0.15, -0.1) is 0 Å². The number of hydrogen-bond donors (Lipinski definition) is 2. The Morgan fingerprint density at radius 3 is 2.23 bits per heavy atom. The second kappa shape index (κ2) is 7.70. The molecule has 1 rings (SSSR count). The number of alkyl carbamates (subject to hydrolysis) is 1. The summed E-state index contributed by atoms with van der Waals surface area (Å²) >= 11 is 11.8. The summed E-state index contributed by atoms with van der Waals surface area (Å²) in [6.45, 7) is 5.11. The normalized spacial score (nSPS) is 12.6. The molecule has 22 heavy (non-hydrogen) atoms. The number of carbonyl (C=O) groups is 2. The maximum absolute atomic E-state index is 11.7. The van der Waals surface area contributed by atoms with Gasteiger partial charge < -0.3 is 15.2 Å². The van der Waals surface area contributed by atoms with Gasteiger partial charge >= 0.3 is 12.1 Å². The Hall–Kier alpha value is -1.46. The molecule has 7 heteroatoms. The molecule has 1 aromatic rings. The molecular weight excluding hydrogens is 329 g/mol. The number of nitrogens with one attached hydrogen (secondary N) is 1. The molecule has 0 aliphatic carbocycles. The maximum atomic E-state index is 11.7. The minimum atomic E-state index is -1.13. The van der Waals surface area contributed by atoms with Crippen LogP contribution in [-0.2, 0) is 16.0 Å². The van der Waals surface area contributed by atoms with Crippen molar-refractivity contribution in [3.05, 3.63) is 33.8 Å². The van der Waals surface area contributed by atoms with Crippen LogP contribution in [0.3, 0.4) is 0 Å². The van der Waals surface area contributed by atoms with Gasteiger partial charge in [-0.2, -0.15) is 0 Å². The average Bonchev–Trinajstić information content (AvgIpc) is 2.30. The van der Waals surface area contributed by atoms with Crippen LogP contribution in [0.5, 0.6) is 0 Å². The summed E-state index contributed by atoms with van der Waals surface area (Å²) in [5.74, 6) is -1.13. The number of ether oxygens (including phenoxy) is 1. The second-order valence-electron chi connectivity index (χ2n) is 5.85. The summed E-state index contributed by atoms with van der Waals surface area (Å²) in [7, 11) is 0. The van der Waals surface area contributed by atoms with Crippen LogP contribution >= 0.6 is 23.2 Å². The smallest absolute Gasteiger partial charge is 0.408 e. The fraction of sp³-hybridized carbons (Fsp3) is 0.467. The molecule has 0 unspecified atom stereocenters. The molecule has 2 N–H and O–H groups in total. The number of carboxylic acid groups (broad SMARTS) is 1. The molecule has 0 saturated heterocycles. The molecule has 0 aliphatic heterocycles. The number of benzene rings is 1. The van der Waals surface area contributed by atoms with Crippen molar-refractivity contribution in [3.8, 4) is 0 Å². The SMILES string of the molecule is CC(C)(C)OC(=O)N[C@@H](CCc1cc(Cl)cc(Cl)c1)C(=O)O. The monoisotopic (exact) mass is 347 g/mol. The predicted molar refractivity (Wildman–Crippen MR) is 85.6 cm³/mol. The van der Waals surface area contributed by atoms with E-state index in [2.05, 4.69) is 5.32 Å². The van der Waals surface area contributed by atoms with Gasteiger partial charge in [-0.25, -0.2) is 9.59 Å². The summed E-state index contributed by atoms with van der Waals surface area (Å²) < 4.78 is 5.05. The van der Waals surface area contributed by atoms with Gasteiger partial charge in [0.1, 0.15) is 11.6 Å². The van der Waals surface area contributed by atoms with Crippen molar-refractivity contribution >= 4 is 35.3 Å². The first-order valence-electron chi connectivity index (χ1n) is 6.74. The zero-order chi connectivity index (χ0) is 16.9. The fourth-order valence-corrected chi connectivity index (χ4v) is 2.34. The number of aliphatic carboxylic acids is 1. The number of aryl methyl sites for hydroxylation is 1. The van der Waals surface area contributed by atoms with Gasteiger partial charge in [0.2, 0.25) is 0 Å². The lowest BCUT2D eigenvalue weighted by atomic mass is 10.1. The molecule has 5 nitrogen and oxygen atoms in total. The highest BCUT2D eigenvalue weighted by molar-refractivity contribution is 6.34. The van der Waals surface area contributed by atoms with Gasteiger partial charge in [0, 0.05) is 10.0 Å². The Labute approximate surface area is 139 Å². The molecule has 122 valence electrons. The predicted octanol–water partition coefficient (Wildman–Crippen LogP) is 3.90. The maximum Gasteiger partial charge on any atom is 0.408 e. The van der Waals surface area contributed by atoms with Crippen LogP contribution in [0.25, 0.3) is 0 Å². The topological polar surface area (TPSA) is 75.6 Å².